The van der Waals surface area contributed by atoms with Gasteiger partial charge >= 0.3 is 6.18 Å². The molecule has 1 aromatic rings. The first-order valence-corrected chi connectivity index (χ1v) is 7.59. The van der Waals surface area contributed by atoms with Gasteiger partial charge in [0.15, 0.2) is 0 Å². The van der Waals surface area contributed by atoms with Crippen molar-refractivity contribution in [1.29, 1.82) is 0 Å². The standard InChI is InChI=1S/C11H17F3N4O2S/c12-11(13,14)9-17-21(19,20)18(6-2-4-15)8-10-3-1-5-16-7-10/h1,3,5,7,17H,2,4,6,8-9,15H2. The van der Waals surface area contributed by atoms with Gasteiger partial charge in [-0.05, 0) is 24.6 Å². The van der Waals surface area contributed by atoms with E-state index in [-0.39, 0.29) is 19.6 Å². The van der Waals surface area contributed by atoms with Crippen molar-refractivity contribution in [1.82, 2.24) is 14.0 Å². The maximum Gasteiger partial charge on any atom is 0.402 e. The molecule has 1 heterocycles. The van der Waals surface area contributed by atoms with E-state index in [1.54, 1.807) is 16.9 Å². The number of aromatic nitrogens is 1. The number of hydrogen-bond acceptors (Lipinski definition) is 4. The van der Waals surface area contributed by atoms with Gasteiger partial charge in [0.05, 0.1) is 0 Å². The number of alkyl halides is 3. The van der Waals surface area contributed by atoms with E-state index >= 15 is 0 Å². The van der Waals surface area contributed by atoms with Crippen molar-refractivity contribution in [2.24, 2.45) is 5.73 Å². The molecule has 0 atom stereocenters. The average Bonchev–Trinajstić information content (AvgIpc) is 2.41. The minimum Gasteiger partial charge on any atom is -0.330 e. The maximum absolute atomic E-state index is 12.2. The molecule has 0 unspecified atom stereocenters. The summed E-state index contributed by atoms with van der Waals surface area (Å²) in [4.78, 5) is 3.84. The van der Waals surface area contributed by atoms with E-state index in [0.717, 1.165) is 4.31 Å². The van der Waals surface area contributed by atoms with Gasteiger partial charge in [0.1, 0.15) is 6.54 Å². The normalized spacial score (nSPS) is 12.8. The van der Waals surface area contributed by atoms with Crippen molar-refractivity contribution in [2.45, 2.75) is 19.1 Å². The summed E-state index contributed by atoms with van der Waals surface area (Å²) in [6.07, 6.45) is -1.30. The van der Waals surface area contributed by atoms with Gasteiger partial charge < -0.3 is 5.73 Å². The number of nitrogens with one attached hydrogen (secondary N) is 1. The first kappa shape index (κ1) is 17.8. The second-order valence-corrected chi connectivity index (χ2v) is 6.03. The van der Waals surface area contributed by atoms with Gasteiger partial charge in [-0.15, -0.1) is 0 Å². The average molecular weight is 326 g/mol. The van der Waals surface area contributed by atoms with Crippen molar-refractivity contribution in [3.05, 3.63) is 30.1 Å². The smallest absolute Gasteiger partial charge is 0.330 e. The van der Waals surface area contributed by atoms with Crippen molar-refractivity contribution in [3.8, 4) is 0 Å². The number of hydrogen-bond donors (Lipinski definition) is 2. The zero-order valence-electron chi connectivity index (χ0n) is 11.2. The van der Waals surface area contributed by atoms with Crippen LogP contribution in [0.3, 0.4) is 0 Å². The Balaban J connectivity index is 2.80. The van der Waals surface area contributed by atoms with Crippen LogP contribution in [0.4, 0.5) is 13.2 Å². The predicted molar refractivity (Wildman–Crippen MR) is 71.3 cm³/mol. The van der Waals surface area contributed by atoms with Crippen LogP contribution in [0.2, 0.25) is 0 Å². The van der Waals surface area contributed by atoms with E-state index in [2.05, 4.69) is 4.98 Å². The van der Waals surface area contributed by atoms with Gasteiger partial charge in [-0.1, -0.05) is 6.07 Å². The molecule has 3 N–H and O–H groups in total. The zero-order valence-corrected chi connectivity index (χ0v) is 12.0. The van der Waals surface area contributed by atoms with Crippen LogP contribution in [-0.4, -0.2) is 43.5 Å². The van der Waals surface area contributed by atoms with E-state index < -0.39 is 22.9 Å². The predicted octanol–water partition coefficient (Wildman–Crippen LogP) is 0.629. The van der Waals surface area contributed by atoms with Gasteiger partial charge in [0, 0.05) is 25.5 Å². The largest absolute Gasteiger partial charge is 0.402 e. The Morgan fingerprint density at radius 1 is 1.38 bits per heavy atom. The molecule has 0 saturated carbocycles. The highest BCUT2D eigenvalue weighted by atomic mass is 32.2. The van der Waals surface area contributed by atoms with Crippen LogP contribution >= 0.6 is 0 Å². The minimum atomic E-state index is -4.61. The minimum absolute atomic E-state index is 0.0264. The fraction of sp³-hybridized carbons (Fsp3) is 0.545. The third kappa shape index (κ3) is 6.85. The van der Waals surface area contributed by atoms with Crippen LogP contribution in [0, 0.1) is 0 Å². The van der Waals surface area contributed by atoms with Gasteiger partial charge in [-0.3, -0.25) is 4.98 Å². The van der Waals surface area contributed by atoms with Crippen LogP contribution in [-0.2, 0) is 16.8 Å². The summed E-state index contributed by atoms with van der Waals surface area (Å²) in [5.74, 6) is 0. The quantitative estimate of drug-likeness (QED) is 0.733. The first-order valence-electron chi connectivity index (χ1n) is 6.15. The highest BCUT2D eigenvalue weighted by Gasteiger charge is 2.31. The van der Waals surface area contributed by atoms with E-state index in [9.17, 15) is 21.6 Å². The van der Waals surface area contributed by atoms with E-state index in [4.69, 9.17) is 5.73 Å². The number of nitrogens with two attached hydrogens (primary N) is 1. The summed E-state index contributed by atoms with van der Waals surface area (Å²) >= 11 is 0. The second kappa shape index (κ2) is 7.69. The Kier molecular flexibility index (Phi) is 6.52. The van der Waals surface area contributed by atoms with Crippen LogP contribution in [0.25, 0.3) is 0 Å². The van der Waals surface area contributed by atoms with Gasteiger partial charge in [-0.25, -0.2) is 0 Å². The molecule has 1 rings (SSSR count). The van der Waals surface area contributed by atoms with E-state index in [1.165, 1.54) is 12.4 Å². The lowest BCUT2D eigenvalue weighted by Gasteiger charge is -2.22. The van der Waals surface area contributed by atoms with Crippen LogP contribution < -0.4 is 10.5 Å². The van der Waals surface area contributed by atoms with Crippen molar-refractivity contribution in [3.63, 3.8) is 0 Å². The number of halogens is 3. The SMILES string of the molecule is NCCCN(Cc1cccnc1)S(=O)(=O)NCC(F)(F)F. The maximum atomic E-state index is 12.2. The molecule has 0 spiro atoms. The topological polar surface area (TPSA) is 88.3 Å². The molecule has 0 radical (unpaired) electrons. The molecule has 1 aromatic heterocycles. The van der Waals surface area contributed by atoms with Gasteiger partial charge in [0.2, 0.25) is 0 Å². The molecule has 6 nitrogen and oxygen atoms in total. The zero-order chi connectivity index (χ0) is 15.9. The molecule has 120 valence electrons. The Hall–Kier alpha value is -1.23. The molecule has 0 aromatic carbocycles. The lowest BCUT2D eigenvalue weighted by atomic mass is 10.3. The molecular weight excluding hydrogens is 309 g/mol. The molecular formula is C11H17F3N4O2S. The third-order valence-corrected chi connectivity index (χ3v) is 3.99. The second-order valence-electron chi connectivity index (χ2n) is 4.28. The lowest BCUT2D eigenvalue weighted by molar-refractivity contribution is -0.121. The Labute approximate surface area is 121 Å². The summed E-state index contributed by atoms with van der Waals surface area (Å²) in [7, 11) is -4.25. The summed E-state index contributed by atoms with van der Waals surface area (Å²) in [6.45, 7) is -1.42. The van der Waals surface area contributed by atoms with E-state index in [0.29, 0.717) is 12.0 Å². The molecule has 21 heavy (non-hydrogen) atoms. The monoisotopic (exact) mass is 326 g/mol. The van der Waals surface area contributed by atoms with Crippen molar-refractivity contribution >= 4 is 10.2 Å². The Morgan fingerprint density at radius 2 is 2.10 bits per heavy atom. The molecule has 10 heteroatoms. The molecule has 0 aliphatic heterocycles. The lowest BCUT2D eigenvalue weighted by Crippen LogP contribution is -2.44. The van der Waals surface area contributed by atoms with Crippen LogP contribution in [0.1, 0.15) is 12.0 Å². The summed E-state index contributed by atoms with van der Waals surface area (Å²) in [5, 5.41) is 0. The fourth-order valence-electron chi connectivity index (χ4n) is 1.51. The number of nitrogens with zero attached hydrogens (tertiary/aromatic N) is 2. The van der Waals surface area contributed by atoms with Crippen molar-refractivity contribution in [2.75, 3.05) is 19.6 Å². The van der Waals surface area contributed by atoms with Gasteiger partial charge in [-0.2, -0.15) is 30.6 Å². The van der Waals surface area contributed by atoms with Crippen LogP contribution in [0.15, 0.2) is 24.5 Å². The fourth-order valence-corrected chi connectivity index (χ4v) is 2.73. The molecule has 0 amide bonds. The Morgan fingerprint density at radius 3 is 2.62 bits per heavy atom. The molecule has 0 fully saturated rings. The van der Waals surface area contributed by atoms with Gasteiger partial charge in [0.25, 0.3) is 10.2 Å². The summed E-state index contributed by atoms with van der Waals surface area (Å²) < 4.78 is 62.8. The molecule has 0 aliphatic carbocycles. The van der Waals surface area contributed by atoms with E-state index in [1.807, 2.05) is 0 Å². The number of pyridine rings is 1. The van der Waals surface area contributed by atoms with Crippen LogP contribution in [0.5, 0.6) is 0 Å². The molecule has 0 bridgehead atoms. The highest BCUT2D eigenvalue weighted by molar-refractivity contribution is 7.87. The molecule has 0 aliphatic rings. The third-order valence-electron chi connectivity index (χ3n) is 2.49. The molecule has 0 saturated heterocycles. The number of rotatable bonds is 8. The Bertz CT molecular complexity index is 522. The summed E-state index contributed by atoms with van der Waals surface area (Å²) in [5.41, 5.74) is 5.90. The highest BCUT2D eigenvalue weighted by Crippen LogP contribution is 2.14. The summed E-state index contributed by atoms with van der Waals surface area (Å²) in [6, 6.07) is 3.26. The van der Waals surface area contributed by atoms with Crippen molar-refractivity contribution < 1.29 is 21.6 Å². The first-order chi connectivity index (χ1) is 9.74.